The van der Waals surface area contributed by atoms with Gasteiger partial charge < -0.3 is 15.1 Å². The first-order valence-electron chi connectivity index (χ1n) is 5.63. The van der Waals surface area contributed by atoms with Gasteiger partial charge in [0.1, 0.15) is 5.75 Å². The van der Waals surface area contributed by atoms with Crippen molar-refractivity contribution < 1.29 is 15.1 Å². The van der Waals surface area contributed by atoms with Crippen molar-refractivity contribution in [2.75, 3.05) is 13.7 Å². The second-order valence-electron chi connectivity index (χ2n) is 5.09. The van der Waals surface area contributed by atoms with Crippen LogP contribution in [0.2, 0.25) is 0 Å². The molecule has 0 aliphatic heterocycles. The Kier molecular flexibility index (Phi) is 4.51. The van der Waals surface area contributed by atoms with Gasteiger partial charge in [0.25, 0.3) is 0 Å². The number of hydroxylamine groups is 1. The van der Waals surface area contributed by atoms with Crippen LogP contribution in [0.25, 0.3) is 0 Å². The second kappa shape index (κ2) is 5.49. The lowest BCUT2D eigenvalue weighted by Crippen LogP contribution is -2.19. The molecule has 1 unspecified atom stereocenters. The third-order valence-electron chi connectivity index (χ3n) is 2.70. The highest BCUT2D eigenvalue weighted by Crippen LogP contribution is 2.33. The van der Waals surface area contributed by atoms with E-state index < -0.39 is 6.10 Å². The number of aliphatic hydroxyl groups is 1. The van der Waals surface area contributed by atoms with Crippen molar-refractivity contribution >= 4 is 0 Å². The SMILES string of the molecule is COc1ccc(C(O)CNO)cc1C(C)(C)C. The zero-order valence-electron chi connectivity index (χ0n) is 10.8. The molecule has 3 N–H and O–H groups in total. The number of aliphatic hydroxyl groups excluding tert-OH is 1. The predicted octanol–water partition coefficient (Wildman–Crippen LogP) is 2.00. The third kappa shape index (κ3) is 3.43. The Bertz CT molecular complexity index is 371. The lowest BCUT2D eigenvalue weighted by molar-refractivity contribution is 0.0920. The molecule has 0 saturated carbocycles. The molecule has 0 amide bonds. The van der Waals surface area contributed by atoms with Gasteiger partial charge in [-0.05, 0) is 28.7 Å². The summed E-state index contributed by atoms with van der Waals surface area (Å²) < 4.78 is 5.32. The van der Waals surface area contributed by atoms with Crippen molar-refractivity contribution in [1.82, 2.24) is 5.48 Å². The number of methoxy groups -OCH3 is 1. The summed E-state index contributed by atoms with van der Waals surface area (Å²) in [6.07, 6.45) is -0.730. The predicted molar refractivity (Wildman–Crippen MR) is 66.4 cm³/mol. The molecule has 0 aromatic heterocycles. The average Bonchev–Trinajstić information content (AvgIpc) is 2.27. The third-order valence-corrected chi connectivity index (χ3v) is 2.70. The number of ether oxygens (including phenoxy) is 1. The first-order valence-corrected chi connectivity index (χ1v) is 5.63. The molecule has 0 bridgehead atoms. The number of nitrogens with one attached hydrogen (secondary N) is 1. The van der Waals surface area contributed by atoms with Crippen molar-refractivity contribution in [3.63, 3.8) is 0 Å². The van der Waals surface area contributed by atoms with Gasteiger partial charge in [0.2, 0.25) is 0 Å². The Hall–Kier alpha value is -1.10. The number of rotatable bonds is 4. The average molecular weight is 239 g/mol. The van der Waals surface area contributed by atoms with E-state index in [-0.39, 0.29) is 12.0 Å². The largest absolute Gasteiger partial charge is 0.496 e. The Morgan fingerprint density at radius 3 is 2.47 bits per heavy atom. The normalized spacial score (nSPS) is 13.5. The Labute approximate surface area is 102 Å². The molecule has 0 saturated heterocycles. The molecule has 0 aliphatic carbocycles. The second-order valence-corrected chi connectivity index (χ2v) is 5.09. The zero-order valence-corrected chi connectivity index (χ0v) is 10.8. The van der Waals surface area contributed by atoms with Crippen molar-refractivity contribution in [1.29, 1.82) is 0 Å². The fourth-order valence-electron chi connectivity index (χ4n) is 1.72. The van der Waals surface area contributed by atoms with E-state index in [1.54, 1.807) is 13.2 Å². The van der Waals surface area contributed by atoms with Crippen molar-refractivity contribution in [3.05, 3.63) is 29.3 Å². The number of benzene rings is 1. The molecule has 4 heteroatoms. The zero-order chi connectivity index (χ0) is 13.1. The Morgan fingerprint density at radius 2 is 2.00 bits per heavy atom. The van der Waals surface area contributed by atoms with Gasteiger partial charge in [-0.2, -0.15) is 0 Å². The summed E-state index contributed by atoms with van der Waals surface area (Å²) in [6, 6.07) is 5.56. The molecule has 1 rings (SSSR count). The maximum Gasteiger partial charge on any atom is 0.122 e. The summed E-state index contributed by atoms with van der Waals surface area (Å²) in [5.41, 5.74) is 3.71. The maximum atomic E-state index is 9.81. The fraction of sp³-hybridized carbons (Fsp3) is 0.538. The van der Waals surface area contributed by atoms with Gasteiger partial charge in [-0.3, -0.25) is 0 Å². The quantitative estimate of drug-likeness (QED) is 0.703. The molecular formula is C13H21NO3. The maximum absolute atomic E-state index is 9.81. The van der Waals surface area contributed by atoms with E-state index in [0.29, 0.717) is 0 Å². The highest BCUT2D eigenvalue weighted by Gasteiger charge is 2.20. The van der Waals surface area contributed by atoms with Crippen LogP contribution in [0, 0.1) is 0 Å². The summed E-state index contributed by atoms with van der Waals surface area (Å²) >= 11 is 0. The highest BCUT2D eigenvalue weighted by molar-refractivity contribution is 5.42. The lowest BCUT2D eigenvalue weighted by atomic mass is 9.85. The van der Waals surface area contributed by atoms with Gasteiger partial charge >= 0.3 is 0 Å². The molecule has 0 fully saturated rings. The summed E-state index contributed by atoms with van der Waals surface area (Å²) in [5, 5.41) is 18.4. The molecule has 1 aromatic carbocycles. The smallest absolute Gasteiger partial charge is 0.122 e. The van der Waals surface area contributed by atoms with Gasteiger partial charge in [0.15, 0.2) is 0 Å². The first kappa shape index (κ1) is 14.0. The van der Waals surface area contributed by atoms with Crippen LogP contribution in [0.15, 0.2) is 18.2 Å². The molecule has 17 heavy (non-hydrogen) atoms. The summed E-state index contributed by atoms with van der Waals surface area (Å²) in [7, 11) is 1.63. The van der Waals surface area contributed by atoms with Crippen molar-refractivity contribution in [2.24, 2.45) is 0 Å². The van der Waals surface area contributed by atoms with E-state index in [1.807, 2.05) is 17.6 Å². The molecule has 0 spiro atoms. The highest BCUT2D eigenvalue weighted by atomic mass is 16.5. The van der Waals surface area contributed by atoms with Gasteiger partial charge in [-0.15, -0.1) is 0 Å². The van der Waals surface area contributed by atoms with E-state index in [1.165, 1.54) is 0 Å². The summed E-state index contributed by atoms with van der Waals surface area (Å²) in [4.78, 5) is 0. The Balaban J connectivity index is 3.13. The minimum atomic E-state index is -0.730. The lowest BCUT2D eigenvalue weighted by Gasteiger charge is -2.23. The minimum Gasteiger partial charge on any atom is -0.496 e. The van der Waals surface area contributed by atoms with Gasteiger partial charge in [0.05, 0.1) is 19.8 Å². The van der Waals surface area contributed by atoms with Crippen LogP contribution in [0.1, 0.15) is 38.0 Å². The molecular weight excluding hydrogens is 218 g/mol. The first-order chi connectivity index (χ1) is 7.90. The van der Waals surface area contributed by atoms with Gasteiger partial charge in [-0.25, -0.2) is 5.48 Å². The summed E-state index contributed by atoms with van der Waals surface area (Å²) in [6.45, 7) is 6.37. The van der Waals surface area contributed by atoms with Crippen LogP contribution in [0.3, 0.4) is 0 Å². The van der Waals surface area contributed by atoms with Crippen LogP contribution in [0.5, 0.6) is 5.75 Å². The minimum absolute atomic E-state index is 0.0618. The molecule has 4 nitrogen and oxygen atoms in total. The van der Waals surface area contributed by atoms with E-state index in [4.69, 9.17) is 9.94 Å². The molecule has 96 valence electrons. The molecule has 1 aromatic rings. The fourth-order valence-corrected chi connectivity index (χ4v) is 1.72. The number of hydrogen-bond acceptors (Lipinski definition) is 4. The van der Waals surface area contributed by atoms with Crippen molar-refractivity contribution in [3.8, 4) is 5.75 Å². The molecule has 0 radical (unpaired) electrons. The molecule has 1 atom stereocenters. The van der Waals surface area contributed by atoms with Crippen LogP contribution in [-0.2, 0) is 5.41 Å². The van der Waals surface area contributed by atoms with Crippen LogP contribution >= 0.6 is 0 Å². The van der Waals surface area contributed by atoms with E-state index in [2.05, 4.69) is 20.8 Å². The standard InChI is InChI=1S/C13H21NO3/c1-13(2,3)10-7-9(11(15)8-14-16)5-6-12(10)17-4/h5-7,11,14-16H,8H2,1-4H3. The number of hydrogen-bond donors (Lipinski definition) is 3. The van der Waals surface area contributed by atoms with Gasteiger partial charge in [0, 0.05) is 0 Å². The van der Waals surface area contributed by atoms with E-state index in [9.17, 15) is 5.11 Å². The van der Waals surface area contributed by atoms with E-state index in [0.717, 1.165) is 16.9 Å². The van der Waals surface area contributed by atoms with Crippen LogP contribution in [0.4, 0.5) is 0 Å². The van der Waals surface area contributed by atoms with Gasteiger partial charge in [-0.1, -0.05) is 26.8 Å². The van der Waals surface area contributed by atoms with Crippen LogP contribution in [-0.4, -0.2) is 24.0 Å². The Morgan fingerprint density at radius 1 is 1.35 bits per heavy atom. The monoisotopic (exact) mass is 239 g/mol. The van der Waals surface area contributed by atoms with Crippen LogP contribution < -0.4 is 10.2 Å². The van der Waals surface area contributed by atoms with Crippen molar-refractivity contribution in [2.45, 2.75) is 32.3 Å². The topological polar surface area (TPSA) is 61.7 Å². The summed E-state index contributed by atoms with van der Waals surface area (Å²) in [5.74, 6) is 0.811. The molecule has 0 heterocycles. The molecule has 0 aliphatic rings. The van der Waals surface area contributed by atoms with E-state index >= 15 is 0 Å².